The van der Waals surface area contributed by atoms with Crippen LogP contribution >= 0.6 is 0 Å². The molecule has 2 atom stereocenters. The number of hydrogen-bond acceptors (Lipinski definition) is 5. The number of nitrogens with zero attached hydrogens (tertiary/aromatic N) is 1. The summed E-state index contributed by atoms with van der Waals surface area (Å²) in [6, 6.07) is 19.2. The maximum absolute atomic E-state index is 12.7. The molecule has 41 heavy (non-hydrogen) atoms. The van der Waals surface area contributed by atoms with Crippen molar-refractivity contribution in [3.05, 3.63) is 104 Å². The zero-order chi connectivity index (χ0) is 29.2. The van der Waals surface area contributed by atoms with Crippen LogP contribution in [-0.4, -0.2) is 17.0 Å². The lowest BCUT2D eigenvalue weighted by atomic mass is 9.95. The molecule has 1 saturated heterocycles. The lowest BCUT2D eigenvalue weighted by Crippen LogP contribution is -2.16. The van der Waals surface area contributed by atoms with Crippen molar-refractivity contribution in [2.45, 2.75) is 104 Å². The third kappa shape index (κ3) is 8.74. The maximum Gasteiger partial charge on any atom is 0.343 e. The van der Waals surface area contributed by atoms with Crippen molar-refractivity contribution in [1.29, 1.82) is 0 Å². The van der Waals surface area contributed by atoms with E-state index < -0.39 is 18.2 Å². The zero-order valence-corrected chi connectivity index (χ0v) is 24.7. The van der Waals surface area contributed by atoms with E-state index in [1.54, 1.807) is 24.3 Å². The molecule has 0 unspecified atom stereocenters. The summed E-state index contributed by atoms with van der Waals surface area (Å²) in [5, 5.41) is 11.8. The van der Waals surface area contributed by atoms with Crippen LogP contribution in [0, 0.1) is 24.0 Å². The van der Waals surface area contributed by atoms with Crippen LogP contribution in [0.15, 0.2) is 60.7 Å². The fourth-order valence-corrected chi connectivity index (χ4v) is 5.60. The number of carbonyl (C=O) groups is 1. The quantitative estimate of drug-likeness (QED) is 0.0439. The first-order chi connectivity index (χ1) is 19.9. The molecule has 0 saturated carbocycles. The van der Waals surface area contributed by atoms with E-state index in [-0.39, 0.29) is 10.6 Å². The summed E-state index contributed by atoms with van der Waals surface area (Å²) in [6.45, 7) is 6.41. The Hall–Kier alpha value is -3.51. The number of esters is 1. The Morgan fingerprint density at radius 1 is 0.878 bits per heavy atom. The Morgan fingerprint density at radius 2 is 1.54 bits per heavy atom. The lowest BCUT2D eigenvalue weighted by molar-refractivity contribution is -0.385. The number of unbranched alkanes of at least 4 members (excludes halogenated alkanes) is 7. The summed E-state index contributed by atoms with van der Waals surface area (Å²) in [4.78, 5) is 24.1. The Balaban J connectivity index is 1.19. The van der Waals surface area contributed by atoms with Crippen LogP contribution < -0.4 is 4.74 Å². The lowest BCUT2D eigenvalue weighted by Gasteiger charge is -2.09. The van der Waals surface area contributed by atoms with Crippen molar-refractivity contribution >= 4 is 11.7 Å². The molecule has 6 heteroatoms. The smallest absolute Gasteiger partial charge is 0.343 e. The molecule has 3 aromatic carbocycles. The van der Waals surface area contributed by atoms with Crippen molar-refractivity contribution in [3.8, 4) is 5.75 Å². The van der Waals surface area contributed by atoms with Gasteiger partial charge in [-0.1, -0.05) is 93.5 Å². The predicted molar refractivity (Wildman–Crippen MR) is 162 cm³/mol. The first-order valence-corrected chi connectivity index (χ1v) is 15.2. The summed E-state index contributed by atoms with van der Waals surface area (Å²) < 4.78 is 11.2. The molecule has 6 nitrogen and oxygen atoms in total. The highest BCUT2D eigenvalue weighted by atomic mass is 16.6. The average Bonchev–Trinajstić information content (AvgIpc) is 3.76. The molecule has 0 N–H and O–H groups in total. The van der Waals surface area contributed by atoms with E-state index in [9.17, 15) is 14.9 Å². The van der Waals surface area contributed by atoms with E-state index in [1.165, 1.54) is 48.8 Å². The van der Waals surface area contributed by atoms with Gasteiger partial charge in [-0.2, -0.15) is 0 Å². The van der Waals surface area contributed by atoms with Gasteiger partial charge in [-0.25, -0.2) is 4.79 Å². The van der Waals surface area contributed by atoms with Gasteiger partial charge in [-0.05, 0) is 80.3 Å². The van der Waals surface area contributed by atoms with Crippen LogP contribution in [0.4, 0.5) is 5.69 Å². The fourth-order valence-electron chi connectivity index (χ4n) is 5.60. The van der Waals surface area contributed by atoms with Gasteiger partial charge in [0.15, 0.2) is 6.10 Å². The van der Waals surface area contributed by atoms with Crippen molar-refractivity contribution in [2.75, 3.05) is 0 Å². The van der Waals surface area contributed by atoms with Crippen LogP contribution in [-0.2, 0) is 28.8 Å². The van der Waals surface area contributed by atoms with Gasteiger partial charge in [-0.3, -0.25) is 10.1 Å². The van der Waals surface area contributed by atoms with Crippen molar-refractivity contribution in [1.82, 2.24) is 0 Å². The van der Waals surface area contributed by atoms with E-state index in [0.717, 1.165) is 43.2 Å². The molecule has 1 fully saturated rings. The standard InChI is InChI=1S/C35H43NO5/c1-4-27-19-22-29(23-20-27)40-35(37)34-33(41-34)31-16-13-17-32(36(38)39)30(31)15-12-10-8-6-5-7-9-11-14-28-21-18-25(2)24-26(28)3/h13,16-24,33-34H,4-12,14-15H2,1-3H3/t33-,34+/m0/s1. The van der Waals surface area contributed by atoms with Gasteiger partial charge in [0.05, 0.1) is 4.92 Å². The predicted octanol–water partition coefficient (Wildman–Crippen LogP) is 8.73. The second-order valence-corrected chi connectivity index (χ2v) is 11.3. The van der Waals surface area contributed by atoms with Gasteiger partial charge in [0.25, 0.3) is 5.69 Å². The largest absolute Gasteiger partial charge is 0.425 e. The van der Waals surface area contributed by atoms with E-state index in [2.05, 4.69) is 39.0 Å². The van der Waals surface area contributed by atoms with E-state index in [4.69, 9.17) is 9.47 Å². The molecule has 0 amide bonds. The number of nitro benzene ring substituents is 1. The Kier molecular flexibility index (Phi) is 11.1. The van der Waals surface area contributed by atoms with E-state index >= 15 is 0 Å². The number of rotatable bonds is 16. The summed E-state index contributed by atoms with van der Waals surface area (Å²) in [7, 11) is 0. The van der Waals surface area contributed by atoms with Crippen molar-refractivity contribution in [2.24, 2.45) is 0 Å². The van der Waals surface area contributed by atoms with Gasteiger partial charge >= 0.3 is 5.97 Å². The molecule has 218 valence electrons. The highest BCUT2D eigenvalue weighted by molar-refractivity contribution is 5.81. The molecule has 0 bridgehead atoms. The van der Waals surface area contributed by atoms with Crippen molar-refractivity contribution < 1.29 is 19.2 Å². The number of aryl methyl sites for hydroxylation is 4. The third-order valence-corrected chi connectivity index (χ3v) is 8.09. The topological polar surface area (TPSA) is 82.0 Å². The molecular weight excluding hydrogens is 514 g/mol. The summed E-state index contributed by atoms with van der Waals surface area (Å²) in [5.41, 5.74) is 6.85. The average molecular weight is 558 g/mol. The summed E-state index contributed by atoms with van der Waals surface area (Å²) in [6.07, 6.45) is 10.6. The summed E-state index contributed by atoms with van der Waals surface area (Å²) >= 11 is 0. The number of nitro groups is 1. The van der Waals surface area contributed by atoms with E-state index in [1.807, 2.05) is 18.2 Å². The molecular formula is C35H43NO5. The maximum atomic E-state index is 12.7. The Bertz CT molecular complexity index is 1320. The molecule has 0 aromatic heterocycles. The molecule has 0 spiro atoms. The van der Waals surface area contributed by atoms with Crippen molar-refractivity contribution in [3.63, 3.8) is 0 Å². The third-order valence-electron chi connectivity index (χ3n) is 8.09. The van der Waals surface area contributed by atoms with E-state index in [0.29, 0.717) is 17.7 Å². The minimum Gasteiger partial charge on any atom is -0.425 e. The van der Waals surface area contributed by atoms with Gasteiger partial charge in [0, 0.05) is 11.6 Å². The number of hydrogen-bond donors (Lipinski definition) is 0. The minimum absolute atomic E-state index is 0.101. The Morgan fingerprint density at radius 3 is 2.17 bits per heavy atom. The normalized spacial score (nSPS) is 16.0. The molecule has 0 aliphatic carbocycles. The molecule has 0 radical (unpaired) electrons. The summed E-state index contributed by atoms with van der Waals surface area (Å²) in [5.74, 6) is 0.00721. The molecule has 1 aliphatic heterocycles. The van der Waals surface area contributed by atoms with Crippen LogP contribution in [0.5, 0.6) is 5.75 Å². The molecule has 4 rings (SSSR count). The van der Waals surface area contributed by atoms with Gasteiger partial charge < -0.3 is 9.47 Å². The van der Waals surface area contributed by atoms with Crippen LogP contribution in [0.25, 0.3) is 0 Å². The van der Waals surface area contributed by atoms with Gasteiger partial charge in [0.1, 0.15) is 11.9 Å². The number of epoxide rings is 1. The van der Waals surface area contributed by atoms with Crippen LogP contribution in [0.1, 0.15) is 97.8 Å². The second kappa shape index (κ2) is 14.9. The molecule has 1 heterocycles. The number of ether oxygens (including phenoxy) is 2. The van der Waals surface area contributed by atoms with Gasteiger partial charge in [0.2, 0.25) is 0 Å². The minimum atomic E-state index is -0.739. The first kappa shape index (κ1) is 30.4. The van der Waals surface area contributed by atoms with Crippen LogP contribution in [0.2, 0.25) is 0 Å². The number of benzene rings is 3. The molecule has 3 aromatic rings. The highest BCUT2D eigenvalue weighted by Gasteiger charge is 2.49. The molecule has 1 aliphatic rings. The zero-order valence-electron chi connectivity index (χ0n) is 24.7. The fraction of sp³-hybridized carbons (Fsp3) is 0.457. The number of carbonyl (C=O) groups excluding carboxylic acids is 1. The SMILES string of the molecule is CCc1ccc(OC(=O)[C@@H]2O[C@H]2c2cccc([N+](=O)[O-])c2CCCCCCCCCCc2ccc(C)cc2C)cc1. The first-order valence-electron chi connectivity index (χ1n) is 15.2. The Labute approximate surface area is 244 Å². The van der Waals surface area contributed by atoms with Crippen LogP contribution in [0.3, 0.4) is 0 Å². The highest BCUT2D eigenvalue weighted by Crippen LogP contribution is 2.43. The second-order valence-electron chi connectivity index (χ2n) is 11.3. The monoisotopic (exact) mass is 557 g/mol. The van der Waals surface area contributed by atoms with Gasteiger partial charge in [-0.15, -0.1) is 0 Å².